The highest BCUT2D eigenvalue weighted by Gasteiger charge is 2.21. The largest absolute Gasteiger partial charge is 0.261 e. The Morgan fingerprint density at radius 2 is 1.94 bits per heavy atom. The minimum atomic E-state index is 0.141. The smallest absolute Gasteiger partial charge is 0.143 e. The van der Waals surface area contributed by atoms with Crippen LogP contribution in [0.1, 0.15) is 31.3 Å². The van der Waals surface area contributed by atoms with Crippen molar-refractivity contribution in [2.45, 2.75) is 33.1 Å². The lowest BCUT2D eigenvalue weighted by atomic mass is 9.94. The first-order valence-electron chi connectivity index (χ1n) is 5.23. The van der Waals surface area contributed by atoms with Gasteiger partial charge < -0.3 is 0 Å². The van der Waals surface area contributed by atoms with Gasteiger partial charge in [0.05, 0.1) is 11.9 Å². The minimum Gasteiger partial charge on any atom is -0.261 e. The normalized spacial score (nSPS) is 11.8. The van der Waals surface area contributed by atoms with Gasteiger partial charge in [-0.3, -0.25) is 9.97 Å². The van der Waals surface area contributed by atoms with Crippen LogP contribution in [0.5, 0.6) is 0 Å². The van der Waals surface area contributed by atoms with E-state index in [1.165, 1.54) is 4.88 Å². The summed E-state index contributed by atoms with van der Waals surface area (Å²) in [5, 5.41) is 0.954. The Kier molecular flexibility index (Phi) is 2.76. The molecule has 0 radical (unpaired) electrons. The van der Waals surface area contributed by atoms with Crippen molar-refractivity contribution in [3.05, 3.63) is 29.2 Å². The monoisotopic (exact) mass is 233 g/mol. The van der Waals surface area contributed by atoms with Gasteiger partial charge in [-0.05, 0) is 12.3 Å². The van der Waals surface area contributed by atoms with E-state index >= 15 is 0 Å². The average Bonchev–Trinajstić information content (AvgIpc) is 2.61. The standard InChI is InChI=1S/C12H15N3S/c1-8-10(12(2,3)4)16-11(15-8)9-7-13-5-6-14-9/h5-7H,1-4H3. The Bertz CT molecular complexity index is 483. The zero-order valence-electron chi connectivity index (χ0n) is 9.98. The lowest BCUT2D eigenvalue weighted by Gasteiger charge is -2.16. The maximum absolute atomic E-state index is 4.56. The van der Waals surface area contributed by atoms with Crippen LogP contribution in [-0.2, 0) is 5.41 Å². The molecule has 2 heterocycles. The van der Waals surface area contributed by atoms with E-state index in [9.17, 15) is 0 Å². The Labute approximate surface area is 99.6 Å². The summed E-state index contributed by atoms with van der Waals surface area (Å²) < 4.78 is 0. The maximum Gasteiger partial charge on any atom is 0.143 e. The van der Waals surface area contributed by atoms with Crippen molar-refractivity contribution in [2.24, 2.45) is 0 Å². The molecule has 0 aromatic carbocycles. The van der Waals surface area contributed by atoms with Crippen LogP contribution in [0.2, 0.25) is 0 Å². The third-order valence-corrected chi connectivity index (χ3v) is 3.87. The summed E-state index contributed by atoms with van der Waals surface area (Å²) in [6, 6.07) is 0. The Morgan fingerprint density at radius 3 is 2.44 bits per heavy atom. The van der Waals surface area contributed by atoms with Crippen LogP contribution in [0.3, 0.4) is 0 Å². The van der Waals surface area contributed by atoms with Gasteiger partial charge in [-0.15, -0.1) is 11.3 Å². The molecule has 2 aromatic rings. The van der Waals surface area contributed by atoms with Crippen molar-refractivity contribution in [3.63, 3.8) is 0 Å². The average molecular weight is 233 g/mol. The van der Waals surface area contributed by atoms with Crippen molar-refractivity contribution < 1.29 is 0 Å². The molecule has 0 saturated carbocycles. The van der Waals surface area contributed by atoms with Gasteiger partial charge >= 0.3 is 0 Å². The zero-order chi connectivity index (χ0) is 11.8. The third-order valence-electron chi connectivity index (χ3n) is 2.26. The fraction of sp³-hybridized carbons (Fsp3) is 0.417. The second-order valence-electron chi connectivity index (χ2n) is 4.77. The molecule has 0 amide bonds. The van der Waals surface area contributed by atoms with Gasteiger partial charge in [0.15, 0.2) is 0 Å². The Balaban J connectivity index is 2.47. The highest BCUT2D eigenvalue weighted by Crippen LogP contribution is 2.34. The topological polar surface area (TPSA) is 38.7 Å². The molecular formula is C12H15N3S. The van der Waals surface area contributed by atoms with E-state index in [2.05, 4.69) is 42.6 Å². The lowest BCUT2D eigenvalue weighted by molar-refractivity contribution is 0.598. The number of rotatable bonds is 1. The quantitative estimate of drug-likeness (QED) is 0.759. The molecular weight excluding hydrogens is 218 g/mol. The van der Waals surface area contributed by atoms with E-state index in [-0.39, 0.29) is 5.41 Å². The van der Waals surface area contributed by atoms with E-state index in [1.54, 1.807) is 29.9 Å². The molecule has 0 saturated heterocycles. The van der Waals surface area contributed by atoms with Gasteiger partial charge in [-0.25, -0.2) is 4.98 Å². The van der Waals surface area contributed by atoms with Crippen molar-refractivity contribution in [2.75, 3.05) is 0 Å². The van der Waals surface area contributed by atoms with E-state index in [4.69, 9.17) is 0 Å². The van der Waals surface area contributed by atoms with Gasteiger partial charge in [0.2, 0.25) is 0 Å². The zero-order valence-corrected chi connectivity index (χ0v) is 10.8. The number of hydrogen-bond acceptors (Lipinski definition) is 4. The van der Waals surface area contributed by atoms with Gasteiger partial charge in [0.1, 0.15) is 10.7 Å². The van der Waals surface area contributed by atoms with Crippen molar-refractivity contribution >= 4 is 11.3 Å². The summed E-state index contributed by atoms with van der Waals surface area (Å²) >= 11 is 1.71. The van der Waals surface area contributed by atoms with Crippen molar-refractivity contribution in [1.82, 2.24) is 15.0 Å². The summed E-state index contributed by atoms with van der Waals surface area (Å²) in [6.45, 7) is 8.66. The van der Waals surface area contributed by atoms with Crippen LogP contribution in [0.4, 0.5) is 0 Å². The molecule has 84 valence electrons. The summed E-state index contributed by atoms with van der Waals surface area (Å²) in [5.41, 5.74) is 2.09. The summed E-state index contributed by atoms with van der Waals surface area (Å²) in [5.74, 6) is 0. The Morgan fingerprint density at radius 1 is 1.19 bits per heavy atom. The van der Waals surface area contributed by atoms with E-state index in [0.29, 0.717) is 0 Å². The number of nitrogens with zero attached hydrogens (tertiary/aromatic N) is 3. The van der Waals surface area contributed by atoms with Crippen molar-refractivity contribution in [1.29, 1.82) is 0 Å². The van der Waals surface area contributed by atoms with Crippen LogP contribution < -0.4 is 0 Å². The molecule has 16 heavy (non-hydrogen) atoms. The molecule has 2 aromatic heterocycles. The molecule has 0 N–H and O–H groups in total. The number of aromatic nitrogens is 3. The van der Waals surface area contributed by atoms with Crippen LogP contribution in [0.25, 0.3) is 10.7 Å². The highest BCUT2D eigenvalue weighted by atomic mass is 32.1. The number of hydrogen-bond donors (Lipinski definition) is 0. The van der Waals surface area contributed by atoms with Gasteiger partial charge in [0.25, 0.3) is 0 Å². The van der Waals surface area contributed by atoms with Gasteiger partial charge in [-0.1, -0.05) is 20.8 Å². The lowest BCUT2D eigenvalue weighted by Crippen LogP contribution is -2.10. The predicted octanol–water partition coefficient (Wildman–Crippen LogP) is 3.21. The van der Waals surface area contributed by atoms with Gasteiger partial charge in [0, 0.05) is 17.3 Å². The molecule has 0 unspecified atom stereocenters. The summed E-state index contributed by atoms with van der Waals surface area (Å²) in [6.07, 6.45) is 5.13. The van der Waals surface area contributed by atoms with E-state index < -0.39 is 0 Å². The first-order valence-corrected chi connectivity index (χ1v) is 6.04. The fourth-order valence-electron chi connectivity index (χ4n) is 1.61. The van der Waals surface area contributed by atoms with E-state index in [1.807, 2.05) is 0 Å². The first-order chi connectivity index (χ1) is 7.48. The summed E-state index contributed by atoms with van der Waals surface area (Å²) in [4.78, 5) is 14.2. The molecule has 0 fully saturated rings. The molecule has 0 bridgehead atoms. The third kappa shape index (κ3) is 2.11. The Hall–Kier alpha value is -1.29. The van der Waals surface area contributed by atoms with Crippen LogP contribution >= 0.6 is 11.3 Å². The van der Waals surface area contributed by atoms with Crippen LogP contribution in [-0.4, -0.2) is 15.0 Å². The number of thiazole rings is 1. The van der Waals surface area contributed by atoms with E-state index in [0.717, 1.165) is 16.4 Å². The molecule has 0 aliphatic rings. The SMILES string of the molecule is Cc1nc(-c2cnccn2)sc1C(C)(C)C. The second-order valence-corrected chi connectivity index (χ2v) is 5.77. The first kappa shape index (κ1) is 11.2. The fourth-order valence-corrected chi connectivity index (χ4v) is 2.70. The molecule has 0 aliphatic heterocycles. The molecule has 0 aliphatic carbocycles. The van der Waals surface area contributed by atoms with Crippen LogP contribution in [0, 0.1) is 6.92 Å². The summed E-state index contributed by atoms with van der Waals surface area (Å²) in [7, 11) is 0. The highest BCUT2D eigenvalue weighted by molar-refractivity contribution is 7.15. The molecule has 0 spiro atoms. The molecule has 4 heteroatoms. The van der Waals surface area contributed by atoms with Gasteiger partial charge in [-0.2, -0.15) is 0 Å². The molecule has 3 nitrogen and oxygen atoms in total. The minimum absolute atomic E-state index is 0.141. The molecule has 2 rings (SSSR count). The predicted molar refractivity (Wildman–Crippen MR) is 66.6 cm³/mol. The second kappa shape index (κ2) is 3.94. The van der Waals surface area contributed by atoms with Crippen molar-refractivity contribution in [3.8, 4) is 10.7 Å². The number of aryl methyl sites for hydroxylation is 1. The molecule has 0 atom stereocenters. The van der Waals surface area contributed by atoms with Crippen LogP contribution in [0.15, 0.2) is 18.6 Å². The maximum atomic E-state index is 4.56.